The third-order valence-corrected chi connectivity index (χ3v) is 3.26. The van der Waals surface area contributed by atoms with Crippen molar-refractivity contribution in [2.45, 2.75) is 39.4 Å². The minimum Gasteiger partial charge on any atom is -0.405 e. The fourth-order valence-electron chi connectivity index (χ4n) is 1.94. The molecule has 92 valence electrons. The average molecular weight is 234 g/mol. The first-order chi connectivity index (χ1) is 7.27. The van der Waals surface area contributed by atoms with Crippen molar-refractivity contribution in [2.24, 2.45) is 22.6 Å². The van der Waals surface area contributed by atoms with E-state index in [2.05, 4.69) is 4.99 Å². The van der Waals surface area contributed by atoms with E-state index in [0.717, 1.165) is 0 Å². The molecule has 0 aliphatic carbocycles. The molecule has 3 atom stereocenters. The van der Waals surface area contributed by atoms with E-state index in [4.69, 9.17) is 5.73 Å². The van der Waals surface area contributed by atoms with E-state index in [9.17, 15) is 13.2 Å². The molecule has 16 heavy (non-hydrogen) atoms. The summed E-state index contributed by atoms with van der Waals surface area (Å²) in [5.41, 5.74) is 5.38. The van der Waals surface area contributed by atoms with E-state index >= 15 is 0 Å². The Bertz CT molecular complexity index is 318. The van der Waals surface area contributed by atoms with Gasteiger partial charge in [-0.15, -0.1) is 0 Å². The zero-order valence-corrected chi connectivity index (χ0v) is 9.67. The van der Waals surface area contributed by atoms with Crippen molar-refractivity contribution in [3.63, 3.8) is 0 Å². The summed E-state index contributed by atoms with van der Waals surface area (Å²) in [4.78, 5) is 3.80. The number of halogens is 3. The minimum absolute atomic E-state index is 0.000974. The third kappa shape index (κ3) is 2.57. The third-order valence-electron chi connectivity index (χ3n) is 3.26. The summed E-state index contributed by atoms with van der Waals surface area (Å²) < 4.78 is 37.8. The summed E-state index contributed by atoms with van der Waals surface area (Å²) in [7, 11) is 0. The van der Waals surface area contributed by atoms with Crippen LogP contribution < -0.4 is 5.73 Å². The highest BCUT2D eigenvalue weighted by atomic mass is 19.4. The molecule has 2 nitrogen and oxygen atoms in total. The highest BCUT2D eigenvalue weighted by molar-refractivity contribution is 5.90. The highest BCUT2D eigenvalue weighted by Crippen LogP contribution is 2.35. The molecule has 0 fully saturated rings. The van der Waals surface area contributed by atoms with E-state index in [1.165, 1.54) is 6.20 Å². The number of rotatable bonds is 1. The second kappa shape index (κ2) is 4.47. The Balaban J connectivity index is 3.07. The molecule has 0 saturated heterocycles. The molecule has 1 aliphatic rings. The van der Waals surface area contributed by atoms with Gasteiger partial charge in [0.05, 0.1) is 6.04 Å². The van der Waals surface area contributed by atoms with Crippen molar-refractivity contribution in [3.8, 4) is 0 Å². The lowest BCUT2D eigenvalue weighted by Gasteiger charge is -2.33. The molecule has 1 unspecified atom stereocenters. The first-order valence-electron chi connectivity index (χ1n) is 5.29. The molecule has 1 heterocycles. The van der Waals surface area contributed by atoms with Gasteiger partial charge in [0, 0.05) is 0 Å². The number of hydrogen-bond donors (Lipinski definition) is 1. The zero-order chi connectivity index (χ0) is 12.5. The summed E-state index contributed by atoms with van der Waals surface area (Å²) >= 11 is 0. The van der Waals surface area contributed by atoms with Gasteiger partial charge >= 0.3 is 6.18 Å². The van der Waals surface area contributed by atoms with Gasteiger partial charge in [-0.2, -0.15) is 13.2 Å². The van der Waals surface area contributed by atoms with E-state index in [1.54, 1.807) is 6.92 Å². The molecule has 1 rings (SSSR count). The zero-order valence-electron chi connectivity index (χ0n) is 9.67. The maximum atomic E-state index is 12.6. The van der Waals surface area contributed by atoms with E-state index in [0.29, 0.717) is 5.57 Å². The SMILES string of the molecule is C/C(=C/N)C1N=C(C(F)(F)F)C[C@H](C)[C@H]1C. The second-order valence-corrected chi connectivity index (χ2v) is 4.47. The molecule has 2 N–H and O–H groups in total. The number of aliphatic imine (C=N–C) groups is 1. The van der Waals surface area contributed by atoms with Gasteiger partial charge in [-0.05, 0) is 37.0 Å². The maximum absolute atomic E-state index is 12.6. The smallest absolute Gasteiger partial charge is 0.405 e. The van der Waals surface area contributed by atoms with Gasteiger partial charge in [-0.3, -0.25) is 4.99 Å². The van der Waals surface area contributed by atoms with Gasteiger partial charge in [0.1, 0.15) is 5.71 Å². The van der Waals surface area contributed by atoms with E-state index in [1.807, 2.05) is 13.8 Å². The second-order valence-electron chi connectivity index (χ2n) is 4.47. The van der Waals surface area contributed by atoms with Crippen LogP contribution >= 0.6 is 0 Å². The van der Waals surface area contributed by atoms with Crippen LogP contribution in [0.1, 0.15) is 27.2 Å². The normalized spacial score (nSPS) is 32.5. The Morgan fingerprint density at radius 3 is 2.44 bits per heavy atom. The first-order valence-corrected chi connectivity index (χ1v) is 5.29. The standard InChI is InChI=1S/C11H17F3N2/c1-6-4-9(11(12,13)14)16-10(8(6)3)7(2)5-15/h5-6,8,10H,4,15H2,1-3H3/b7-5-/t6-,8+,10?/m0/s1. The molecule has 0 radical (unpaired) electrons. The topological polar surface area (TPSA) is 38.4 Å². The molecule has 0 bridgehead atoms. The van der Waals surface area contributed by atoms with Crippen LogP contribution in [0, 0.1) is 11.8 Å². The van der Waals surface area contributed by atoms with Gasteiger partial charge in [0.2, 0.25) is 0 Å². The number of alkyl halides is 3. The van der Waals surface area contributed by atoms with Crippen LogP contribution in [0.25, 0.3) is 0 Å². The molecule has 0 aromatic carbocycles. The van der Waals surface area contributed by atoms with Crippen LogP contribution in [0.3, 0.4) is 0 Å². The Hall–Kier alpha value is -1.00. The van der Waals surface area contributed by atoms with Gasteiger partial charge in [0.25, 0.3) is 0 Å². The number of hydrogen-bond acceptors (Lipinski definition) is 2. The Morgan fingerprint density at radius 1 is 1.44 bits per heavy atom. The lowest BCUT2D eigenvalue weighted by molar-refractivity contribution is -0.0628. The molecule has 0 aromatic heterocycles. The van der Waals surface area contributed by atoms with Gasteiger partial charge < -0.3 is 5.73 Å². The molecule has 0 spiro atoms. The van der Waals surface area contributed by atoms with Crippen LogP contribution in [0.15, 0.2) is 16.8 Å². The van der Waals surface area contributed by atoms with Crippen molar-refractivity contribution in [3.05, 3.63) is 11.8 Å². The highest BCUT2D eigenvalue weighted by Gasteiger charge is 2.41. The summed E-state index contributed by atoms with van der Waals surface area (Å²) in [5.74, 6) is 0.0555. The Labute approximate surface area is 93.4 Å². The van der Waals surface area contributed by atoms with Crippen molar-refractivity contribution >= 4 is 5.71 Å². The van der Waals surface area contributed by atoms with Crippen molar-refractivity contribution in [1.82, 2.24) is 0 Å². The maximum Gasteiger partial charge on any atom is 0.429 e. The molecular weight excluding hydrogens is 217 g/mol. The molecule has 0 amide bonds. The molecule has 0 saturated carbocycles. The number of nitrogens with two attached hydrogens (primary N) is 1. The minimum atomic E-state index is -4.32. The van der Waals surface area contributed by atoms with Crippen LogP contribution in [-0.2, 0) is 0 Å². The fourth-order valence-corrected chi connectivity index (χ4v) is 1.94. The molecule has 5 heteroatoms. The van der Waals surface area contributed by atoms with Gasteiger partial charge in [-0.25, -0.2) is 0 Å². The fraction of sp³-hybridized carbons (Fsp3) is 0.727. The van der Waals surface area contributed by atoms with E-state index < -0.39 is 17.9 Å². The molecule has 1 aliphatic heterocycles. The largest absolute Gasteiger partial charge is 0.429 e. The van der Waals surface area contributed by atoms with Crippen LogP contribution in [0.2, 0.25) is 0 Å². The molecule has 0 aromatic rings. The van der Waals surface area contributed by atoms with Crippen LogP contribution in [-0.4, -0.2) is 17.9 Å². The monoisotopic (exact) mass is 234 g/mol. The summed E-state index contributed by atoms with van der Waals surface area (Å²) in [5, 5.41) is 0. The molecular formula is C11H17F3N2. The van der Waals surface area contributed by atoms with E-state index in [-0.39, 0.29) is 18.3 Å². The lowest BCUT2D eigenvalue weighted by Crippen LogP contribution is -2.37. The summed E-state index contributed by atoms with van der Waals surface area (Å²) in [6.45, 7) is 5.46. The first kappa shape index (κ1) is 13.1. The predicted molar refractivity (Wildman–Crippen MR) is 58.2 cm³/mol. The number of nitrogens with zero attached hydrogens (tertiary/aromatic N) is 1. The summed E-state index contributed by atoms with van der Waals surface area (Å²) in [6.07, 6.45) is -2.97. The van der Waals surface area contributed by atoms with Crippen molar-refractivity contribution in [2.75, 3.05) is 0 Å². The lowest BCUT2D eigenvalue weighted by atomic mass is 9.80. The van der Waals surface area contributed by atoms with Gasteiger partial charge in [-0.1, -0.05) is 13.8 Å². The van der Waals surface area contributed by atoms with Gasteiger partial charge in [0.15, 0.2) is 0 Å². The quantitative estimate of drug-likeness (QED) is 0.744. The predicted octanol–water partition coefficient (Wildman–Crippen LogP) is 2.90. The van der Waals surface area contributed by atoms with Crippen LogP contribution in [0.5, 0.6) is 0 Å². The summed E-state index contributed by atoms with van der Waals surface area (Å²) in [6, 6.07) is -0.439. The Kier molecular flexibility index (Phi) is 3.65. The Morgan fingerprint density at radius 2 is 2.00 bits per heavy atom. The van der Waals surface area contributed by atoms with Crippen LogP contribution in [0.4, 0.5) is 13.2 Å². The average Bonchev–Trinajstić information content (AvgIpc) is 2.19. The van der Waals surface area contributed by atoms with Crippen molar-refractivity contribution < 1.29 is 13.2 Å². The van der Waals surface area contributed by atoms with Crippen molar-refractivity contribution in [1.29, 1.82) is 0 Å².